The average Bonchev–Trinajstić information content (AvgIpc) is 2.55. The second-order valence-electron chi connectivity index (χ2n) is 5.72. The molecule has 1 unspecified atom stereocenters. The van der Waals surface area contributed by atoms with Gasteiger partial charge < -0.3 is 14.6 Å². The number of hydrogen-bond donors (Lipinski definition) is 1. The van der Waals surface area contributed by atoms with Crippen LogP contribution in [0.2, 0.25) is 0 Å². The van der Waals surface area contributed by atoms with Gasteiger partial charge in [0.2, 0.25) is 0 Å². The van der Waals surface area contributed by atoms with Crippen molar-refractivity contribution in [2.24, 2.45) is 0 Å². The molecular weight excluding hydrogens is 300 g/mol. The third-order valence-corrected chi connectivity index (χ3v) is 4.10. The Morgan fingerprint density at radius 2 is 2.30 bits per heavy atom. The highest BCUT2D eigenvalue weighted by Gasteiger charge is 2.23. The van der Waals surface area contributed by atoms with Gasteiger partial charge in [-0.3, -0.25) is 14.9 Å². The molecular formula is C15H18N4O4. The van der Waals surface area contributed by atoms with Gasteiger partial charge in [-0.25, -0.2) is 4.98 Å². The Kier molecular flexibility index (Phi) is 4.24. The predicted octanol–water partition coefficient (Wildman–Crippen LogP) is 1.84. The fourth-order valence-electron chi connectivity index (χ4n) is 2.90. The number of nitro groups is 1. The number of nitro benzene ring substituents is 1. The van der Waals surface area contributed by atoms with E-state index in [1.807, 2.05) is 0 Å². The van der Waals surface area contributed by atoms with Gasteiger partial charge in [0.25, 0.3) is 11.2 Å². The number of nitrogens with one attached hydrogen (secondary N) is 1. The number of ether oxygens (including phenoxy) is 1. The molecule has 1 N–H and O–H groups in total. The highest BCUT2D eigenvalue weighted by molar-refractivity contribution is 5.86. The van der Waals surface area contributed by atoms with Crippen molar-refractivity contribution in [1.82, 2.24) is 9.97 Å². The molecule has 3 rings (SSSR count). The average molecular weight is 318 g/mol. The van der Waals surface area contributed by atoms with Crippen molar-refractivity contribution in [3.05, 3.63) is 38.9 Å². The molecule has 8 heteroatoms. The summed E-state index contributed by atoms with van der Waals surface area (Å²) in [4.78, 5) is 31.0. The molecule has 1 aliphatic heterocycles. The summed E-state index contributed by atoms with van der Waals surface area (Å²) in [5, 5.41) is 11.6. The van der Waals surface area contributed by atoms with Crippen LogP contribution >= 0.6 is 0 Å². The van der Waals surface area contributed by atoms with E-state index in [0.717, 1.165) is 25.9 Å². The highest BCUT2D eigenvalue weighted by atomic mass is 16.6. The zero-order valence-corrected chi connectivity index (χ0v) is 12.8. The minimum atomic E-state index is -0.473. The van der Waals surface area contributed by atoms with Crippen LogP contribution in [0.15, 0.2) is 23.3 Å². The lowest BCUT2D eigenvalue weighted by molar-refractivity contribution is -0.384. The van der Waals surface area contributed by atoms with E-state index in [4.69, 9.17) is 4.74 Å². The van der Waals surface area contributed by atoms with E-state index in [1.165, 1.54) is 12.4 Å². The highest BCUT2D eigenvalue weighted by Crippen LogP contribution is 2.31. The van der Waals surface area contributed by atoms with Crippen molar-refractivity contribution in [2.75, 3.05) is 25.1 Å². The number of fused-ring (bicyclic) bond motifs is 1. The van der Waals surface area contributed by atoms with Gasteiger partial charge in [0.15, 0.2) is 0 Å². The maximum absolute atomic E-state index is 11.8. The van der Waals surface area contributed by atoms with Gasteiger partial charge in [-0.1, -0.05) is 0 Å². The largest absolute Gasteiger partial charge is 0.376 e. The molecule has 2 heterocycles. The Bertz CT molecular complexity index is 783. The summed E-state index contributed by atoms with van der Waals surface area (Å²) in [6.07, 6.45) is 4.48. The molecule has 0 saturated carbocycles. The summed E-state index contributed by atoms with van der Waals surface area (Å²) in [6, 6.07) is 2.88. The smallest absolute Gasteiger partial charge is 0.293 e. The van der Waals surface area contributed by atoms with Crippen LogP contribution < -0.4 is 10.5 Å². The molecule has 0 aliphatic carbocycles. The number of nitrogens with zero attached hydrogens (tertiary/aromatic N) is 3. The van der Waals surface area contributed by atoms with Crippen LogP contribution in [0.25, 0.3) is 10.9 Å². The van der Waals surface area contributed by atoms with Crippen LogP contribution in [0.3, 0.4) is 0 Å². The quantitative estimate of drug-likeness (QED) is 0.682. The fraction of sp³-hybridized carbons (Fsp3) is 0.467. The van der Waals surface area contributed by atoms with Gasteiger partial charge in [0, 0.05) is 26.3 Å². The van der Waals surface area contributed by atoms with Crippen LogP contribution in [0.1, 0.15) is 19.3 Å². The van der Waals surface area contributed by atoms with Gasteiger partial charge >= 0.3 is 0 Å². The van der Waals surface area contributed by atoms with Crippen molar-refractivity contribution in [2.45, 2.75) is 25.4 Å². The minimum Gasteiger partial charge on any atom is -0.376 e. The first-order valence-electron chi connectivity index (χ1n) is 7.55. The van der Waals surface area contributed by atoms with E-state index in [0.29, 0.717) is 17.7 Å². The van der Waals surface area contributed by atoms with Gasteiger partial charge in [0.1, 0.15) is 5.69 Å². The summed E-state index contributed by atoms with van der Waals surface area (Å²) < 4.78 is 5.69. The molecule has 1 aromatic carbocycles. The Hall–Kier alpha value is -2.48. The second-order valence-corrected chi connectivity index (χ2v) is 5.72. The third kappa shape index (κ3) is 3.16. The number of rotatable bonds is 4. The second kappa shape index (κ2) is 6.33. The molecule has 0 bridgehead atoms. The lowest BCUT2D eigenvalue weighted by atomic mass is 10.1. The molecule has 8 nitrogen and oxygen atoms in total. The van der Waals surface area contributed by atoms with E-state index < -0.39 is 4.92 Å². The van der Waals surface area contributed by atoms with E-state index in [2.05, 4.69) is 9.97 Å². The molecule has 23 heavy (non-hydrogen) atoms. The Morgan fingerprint density at radius 1 is 1.48 bits per heavy atom. The van der Waals surface area contributed by atoms with Crippen LogP contribution in [-0.2, 0) is 4.74 Å². The number of likely N-dealkylation sites (N-methyl/N-ethyl adjacent to an activating group) is 1. The predicted molar refractivity (Wildman–Crippen MR) is 85.9 cm³/mol. The molecule has 1 aromatic heterocycles. The number of aromatic nitrogens is 2. The van der Waals surface area contributed by atoms with Gasteiger partial charge in [-0.05, 0) is 25.3 Å². The molecule has 0 radical (unpaired) electrons. The van der Waals surface area contributed by atoms with Gasteiger partial charge in [-0.2, -0.15) is 0 Å². The van der Waals surface area contributed by atoms with Crippen molar-refractivity contribution < 1.29 is 9.66 Å². The SMILES string of the molecule is CN(CC1CCCCO1)c1cc2nc[nH]c(=O)c2cc1[N+](=O)[O-]. The number of benzene rings is 1. The van der Waals surface area contributed by atoms with Gasteiger partial charge in [-0.15, -0.1) is 0 Å². The van der Waals surface area contributed by atoms with E-state index in [-0.39, 0.29) is 22.7 Å². The molecule has 1 aliphatic rings. The zero-order chi connectivity index (χ0) is 16.4. The first kappa shape index (κ1) is 15.4. The lowest BCUT2D eigenvalue weighted by Crippen LogP contribution is -2.33. The number of aromatic amines is 1. The van der Waals surface area contributed by atoms with Crippen molar-refractivity contribution in [3.8, 4) is 0 Å². The Balaban J connectivity index is 1.99. The summed E-state index contributed by atoms with van der Waals surface area (Å²) in [5.74, 6) is 0. The molecule has 0 amide bonds. The topological polar surface area (TPSA) is 101 Å². The zero-order valence-electron chi connectivity index (χ0n) is 12.8. The van der Waals surface area contributed by atoms with Gasteiger partial charge in [0.05, 0.1) is 28.3 Å². The first-order chi connectivity index (χ1) is 11.1. The monoisotopic (exact) mass is 318 g/mol. The number of anilines is 1. The normalized spacial score (nSPS) is 18.0. The molecule has 2 aromatic rings. The van der Waals surface area contributed by atoms with Crippen molar-refractivity contribution in [3.63, 3.8) is 0 Å². The first-order valence-corrected chi connectivity index (χ1v) is 7.55. The summed E-state index contributed by atoms with van der Waals surface area (Å²) in [6.45, 7) is 1.30. The van der Waals surface area contributed by atoms with E-state index in [1.54, 1.807) is 18.0 Å². The van der Waals surface area contributed by atoms with Crippen LogP contribution in [0, 0.1) is 10.1 Å². The molecule has 0 spiro atoms. The maximum atomic E-state index is 11.8. The maximum Gasteiger partial charge on any atom is 0.293 e. The minimum absolute atomic E-state index is 0.0659. The van der Waals surface area contributed by atoms with Crippen LogP contribution in [-0.4, -0.2) is 41.2 Å². The van der Waals surface area contributed by atoms with E-state index in [9.17, 15) is 14.9 Å². The van der Waals surface area contributed by atoms with E-state index >= 15 is 0 Å². The molecule has 1 atom stereocenters. The number of hydrogen-bond acceptors (Lipinski definition) is 6. The third-order valence-electron chi connectivity index (χ3n) is 4.10. The van der Waals surface area contributed by atoms with Crippen molar-refractivity contribution in [1.29, 1.82) is 0 Å². The van der Waals surface area contributed by atoms with Crippen LogP contribution in [0.4, 0.5) is 11.4 Å². The molecule has 122 valence electrons. The van der Waals surface area contributed by atoms with Crippen LogP contribution in [0.5, 0.6) is 0 Å². The summed E-state index contributed by atoms with van der Waals surface area (Å²) >= 11 is 0. The standard InChI is InChI=1S/C15H18N4O4/c1-18(8-10-4-2-3-5-23-10)13-7-12-11(6-14(13)19(21)22)15(20)17-9-16-12/h6-7,9-10H,2-5,8H2,1H3,(H,16,17,20). The van der Waals surface area contributed by atoms with Crippen molar-refractivity contribution >= 4 is 22.3 Å². The Morgan fingerprint density at radius 3 is 3.00 bits per heavy atom. The molecule has 1 saturated heterocycles. The lowest BCUT2D eigenvalue weighted by Gasteiger charge is -2.28. The summed E-state index contributed by atoms with van der Waals surface area (Å²) in [5.41, 5.74) is 0.387. The fourth-order valence-corrected chi connectivity index (χ4v) is 2.90. The Labute approximate surface area is 132 Å². The summed E-state index contributed by atoms with van der Waals surface area (Å²) in [7, 11) is 1.79. The molecule has 1 fully saturated rings. The number of H-pyrrole nitrogens is 1.